The first-order valence-corrected chi connectivity index (χ1v) is 8.19. The van der Waals surface area contributed by atoms with Crippen LogP contribution in [0.25, 0.3) is 11.3 Å². The van der Waals surface area contributed by atoms with Gasteiger partial charge in [-0.05, 0) is 24.4 Å². The Bertz CT molecular complexity index is 845. The normalized spacial score (nSPS) is 11.2. The van der Waals surface area contributed by atoms with Crippen LogP contribution in [0.5, 0.6) is 0 Å². The molecule has 0 amide bonds. The smallest absolute Gasteiger partial charge is 0.280 e. The van der Waals surface area contributed by atoms with Crippen molar-refractivity contribution in [2.45, 2.75) is 24.0 Å². The third-order valence-electron chi connectivity index (χ3n) is 2.96. The first kappa shape index (κ1) is 17.2. The highest BCUT2D eigenvalue weighted by Crippen LogP contribution is 2.34. The van der Waals surface area contributed by atoms with Gasteiger partial charge in [0, 0.05) is 29.8 Å². The number of hydrogen-bond donors (Lipinski definition) is 0. The van der Waals surface area contributed by atoms with Gasteiger partial charge < -0.3 is 0 Å². The Morgan fingerprint density at radius 1 is 1.36 bits per heavy atom. The Morgan fingerprint density at radius 3 is 2.59 bits per heavy atom. The van der Waals surface area contributed by atoms with Crippen LogP contribution in [0, 0.1) is 10.6 Å². The van der Waals surface area contributed by atoms with Gasteiger partial charge in [0.05, 0.1) is 5.02 Å². The highest BCUT2D eigenvalue weighted by Gasteiger charge is 2.17. The number of aromatic nitrogens is 3. The molecule has 0 aliphatic carbocycles. The van der Waals surface area contributed by atoms with E-state index >= 15 is 0 Å². The van der Waals surface area contributed by atoms with Crippen molar-refractivity contribution in [3.05, 3.63) is 38.1 Å². The second-order valence-electron chi connectivity index (χ2n) is 5.05. The fraction of sp³-hybridized carbons (Fsp3) is 0.357. The highest BCUT2D eigenvalue weighted by molar-refractivity contribution is 8.00. The van der Waals surface area contributed by atoms with Crippen LogP contribution in [0.3, 0.4) is 0 Å². The van der Waals surface area contributed by atoms with Crippen LogP contribution in [0.2, 0.25) is 5.02 Å². The van der Waals surface area contributed by atoms with Gasteiger partial charge >= 0.3 is 0 Å². The summed E-state index contributed by atoms with van der Waals surface area (Å²) < 4.78 is 17.2. The van der Waals surface area contributed by atoms with Crippen molar-refractivity contribution in [3.63, 3.8) is 0 Å². The molecule has 0 saturated heterocycles. The van der Waals surface area contributed by atoms with Gasteiger partial charge in [-0.25, -0.2) is 9.07 Å². The Morgan fingerprint density at radius 2 is 2.00 bits per heavy atom. The zero-order chi connectivity index (χ0) is 16.6. The van der Waals surface area contributed by atoms with E-state index in [1.54, 1.807) is 13.1 Å². The van der Waals surface area contributed by atoms with Crippen molar-refractivity contribution in [1.29, 1.82) is 0 Å². The Kier molecular flexibility index (Phi) is 5.09. The summed E-state index contributed by atoms with van der Waals surface area (Å²) in [5, 5.41) is 4.70. The first-order chi connectivity index (χ1) is 10.2. The molecule has 4 nitrogen and oxygen atoms in total. The van der Waals surface area contributed by atoms with Crippen molar-refractivity contribution < 1.29 is 4.39 Å². The summed E-state index contributed by atoms with van der Waals surface area (Å²) >= 11 is 12.6. The lowest BCUT2D eigenvalue weighted by atomic mass is 10.1. The fourth-order valence-corrected chi connectivity index (χ4v) is 3.20. The minimum atomic E-state index is -0.583. The summed E-state index contributed by atoms with van der Waals surface area (Å²) in [7, 11) is 3.15. The van der Waals surface area contributed by atoms with Crippen molar-refractivity contribution in [3.8, 4) is 11.3 Å². The van der Waals surface area contributed by atoms with Crippen LogP contribution in [-0.4, -0.2) is 19.6 Å². The maximum atomic E-state index is 14.3. The molecular weight excluding hydrogens is 345 g/mol. The molecule has 0 aliphatic heterocycles. The summed E-state index contributed by atoms with van der Waals surface area (Å²) in [6.45, 7) is 4.01. The molecule has 1 aromatic heterocycles. The number of halogens is 2. The monoisotopic (exact) mass is 359 g/mol. The van der Waals surface area contributed by atoms with E-state index in [9.17, 15) is 9.18 Å². The summed E-state index contributed by atoms with van der Waals surface area (Å²) in [5.74, 6) is -0.583. The molecule has 2 rings (SSSR count). The lowest BCUT2D eigenvalue weighted by Crippen LogP contribution is -2.25. The standard InChI is InChI=1S/C14H15ClFN3OS2/c1-7(2)22-11-5-8(10(16)6-9(11)15)12-13(20)18(3)14(21)19(4)17-12/h5-7H,1-4H3. The van der Waals surface area contributed by atoms with Crippen molar-refractivity contribution in [2.24, 2.45) is 14.1 Å². The van der Waals surface area contributed by atoms with Gasteiger partial charge in [0.25, 0.3) is 5.56 Å². The molecule has 1 aromatic carbocycles. The largest absolute Gasteiger partial charge is 0.285 e. The number of rotatable bonds is 3. The second-order valence-corrected chi connectivity index (χ2v) is 7.44. The van der Waals surface area contributed by atoms with Gasteiger partial charge in [-0.3, -0.25) is 9.36 Å². The zero-order valence-electron chi connectivity index (χ0n) is 12.6. The van der Waals surface area contributed by atoms with Crippen LogP contribution in [0.4, 0.5) is 4.39 Å². The molecule has 0 bridgehead atoms. The first-order valence-electron chi connectivity index (χ1n) is 6.52. The van der Waals surface area contributed by atoms with Crippen LogP contribution in [-0.2, 0) is 14.1 Å². The SMILES string of the molecule is CC(C)Sc1cc(-c2nn(C)c(=S)n(C)c2=O)c(F)cc1Cl. The minimum absolute atomic E-state index is 0.0124. The summed E-state index contributed by atoms with van der Waals surface area (Å²) in [4.78, 5) is 13.0. The molecule has 8 heteroatoms. The topological polar surface area (TPSA) is 39.8 Å². The molecule has 0 saturated carbocycles. The lowest BCUT2D eigenvalue weighted by molar-refractivity contribution is 0.612. The zero-order valence-corrected chi connectivity index (χ0v) is 14.9. The number of benzene rings is 1. The molecule has 0 spiro atoms. The van der Waals surface area contributed by atoms with E-state index in [1.165, 1.54) is 34.1 Å². The van der Waals surface area contributed by atoms with Crippen LogP contribution < -0.4 is 5.56 Å². The minimum Gasteiger partial charge on any atom is -0.285 e. The summed E-state index contributed by atoms with van der Waals surface area (Å²) in [5.41, 5.74) is -0.304. The number of nitrogens with zero attached hydrogens (tertiary/aromatic N) is 3. The molecule has 0 atom stereocenters. The number of hydrogen-bond acceptors (Lipinski definition) is 4. The number of thioether (sulfide) groups is 1. The van der Waals surface area contributed by atoms with Gasteiger partial charge in [-0.2, -0.15) is 5.10 Å². The summed E-state index contributed by atoms with van der Waals surface area (Å²) in [6, 6.07) is 2.78. The number of aryl methyl sites for hydroxylation is 1. The molecule has 0 fully saturated rings. The molecule has 0 N–H and O–H groups in total. The van der Waals surface area contributed by atoms with E-state index in [-0.39, 0.29) is 21.3 Å². The molecule has 22 heavy (non-hydrogen) atoms. The van der Waals surface area contributed by atoms with E-state index in [0.717, 1.165) is 0 Å². The summed E-state index contributed by atoms with van der Waals surface area (Å²) in [6.07, 6.45) is 0. The van der Waals surface area contributed by atoms with E-state index in [1.807, 2.05) is 13.8 Å². The van der Waals surface area contributed by atoms with Crippen molar-refractivity contribution >= 4 is 35.6 Å². The molecule has 0 unspecified atom stereocenters. The maximum Gasteiger partial charge on any atom is 0.280 e. The average molecular weight is 360 g/mol. The van der Waals surface area contributed by atoms with E-state index in [0.29, 0.717) is 9.92 Å². The predicted molar refractivity (Wildman–Crippen MR) is 90.7 cm³/mol. The molecule has 2 aromatic rings. The molecular formula is C14H15ClFN3OS2. The molecule has 0 aliphatic rings. The average Bonchev–Trinajstić information content (AvgIpc) is 2.43. The van der Waals surface area contributed by atoms with E-state index in [2.05, 4.69) is 5.10 Å². The molecule has 0 radical (unpaired) electrons. The van der Waals surface area contributed by atoms with Gasteiger partial charge in [0.2, 0.25) is 0 Å². The predicted octanol–water partition coefficient (Wildman–Crippen LogP) is 3.81. The molecule has 118 valence electrons. The fourth-order valence-electron chi connectivity index (χ4n) is 1.92. The quantitative estimate of drug-likeness (QED) is 0.617. The third-order valence-corrected chi connectivity index (χ3v) is 4.99. The van der Waals surface area contributed by atoms with Gasteiger partial charge in [0.1, 0.15) is 5.82 Å². The van der Waals surface area contributed by atoms with E-state index in [4.69, 9.17) is 23.8 Å². The van der Waals surface area contributed by atoms with E-state index < -0.39 is 11.4 Å². The van der Waals surface area contributed by atoms with Gasteiger partial charge in [-0.15, -0.1) is 11.8 Å². The van der Waals surface area contributed by atoms with Gasteiger partial charge in [0.15, 0.2) is 10.5 Å². The van der Waals surface area contributed by atoms with Crippen molar-refractivity contribution in [2.75, 3.05) is 0 Å². The lowest BCUT2D eigenvalue weighted by Gasteiger charge is -2.12. The molecule has 1 heterocycles. The van der Waals surface area contributed by atoms with Crippen molar-refractivity contribution in [1.82, 2.24) is 14.3 Å². The van der Waals surface area contributed by atoms with Crippen LogP contribution in [0.15, 0.2) is 21.8 Å². The van der Waals surface area contributed by atoms with Crippen LogP contribution >= 0.6 is 35.6 Å². The maximum absolute atomic E-state index is 14.3. The third kappa shape index (κ3) is 3.26. The Balaban J connectivity index is 2.73. The van der Waals surface area contributed by atoms with Crippen LogP contribution in [0.1, 0.15) is 13.8 Å². The second kappa shape index (κ2) is 6.52. The van der Waals surface area contributed by atoms with Gasteiger partial charge in [-0.1, -0.05) is 25.4 Å². The Hall–Kier alpha value is -1.18. The Labute approximate surface area is 141 Å². The highest BCUT2D eigenvalue weighted by atomic mass is 35.5.